The molecule has 2 aliphatic rings. The van der Waals surface area contributed by atoms with Crippen molar-refractivity contribution in [1.29, 1.82) is 0 Å². The molecule has 2 unspecified atom stereocenters. The van der Waals surface area contributed by atoms with Gasteiger partial charge in [0.15, 0.2) is 0 Å². The number of carbonyl (C=O) groups excluding carboxylic acids is 1. The molecule has 5 nitrogen and oxygen atoms in total. The molecule has 154 valence electrons. The van der Waals surface area contributed by atoms with Crippen molar-refractivity contribution in [2.75, 3.05) is 19.6 Å². The molecule has 1 amide bonds. The third-order valence-corrected chi connectivity index (χ3v) is 6.44. The molecule has 1 saturated heterocycles. The highest BCUT2D eigenvalue weighted by molar-refractivity contribution is 7.13. The number of aromatic nitrogens is 2. The molecule has 4 rings (SSSR count). The molecule has 0 aromatic carbocycles. The van der Waals surface area contributed by atoms with Crippen LogP contribution in [-0.4, -0.2) is 63.8 Å². The SMILES string of the molecule is C.O=C(c1csc(-c2cn[nH]c2)c1)N1CCN(CC(F)(F)F)C2CCCCC21. The summed E-state index contributed by atoms with van der Waals surface area (Å²) in [7, 11) is 0. The summed E-state index contributed by atoms with van der Waals surface area (Å²) in [6.45, 7) is -0.280. The van der Waals surface area contributed by atoms with E-state index in [1.54, 1.807) is 17.3 Å². The number of piperazine rings is 1. The molecule has 3 heterocycles. The standard InChI is InChI=1S/C18H21F3N4OS.CH4/c19-18(20,21)11-24-5-6-25(15-4-2-1-3-14(15)24)17(26)12-7-16(27-10-12)13-8-22-23-9-13;/h7-10,14-15H,1-6,11H2,(H,22,23);1H4. The molecular weight excluding hydrogens is 389 g/mol. The fourth-order valence-corrected chi connectivity index (χ4v) is 5.14. The van der Waals surface area contributed by atoms with E-state index in [9.17, 15) is 18.0 Å². The predicted octanol–water partition coefficient (Wildman–Crippen LogP) is 4.41. The fraction of sp³-hybridized carbons (Fsp3) is 0.579. The van der Waals surface area contributed by atoms with E-state index in [4.69, 9.17) is 0 Å². The van der Waals surface area contributed by atoms with E-state index in [0.717, 1.165) is 29.7 Å². The molecule has 2 atom stereocenters. The Bertz CT molecular complexity index is 789. The molecular formula is C19H25F3N4OS. The largest absolute Gasteiger partial charge is 0.401 e. The zero-order valence-corrected chi connectivity index (χ0v) is 15.5. The van der Waals surface area contributed by atoms with Gasteiger partial charge in [-0.05, 0) is 18.9 Å². The first-order valence-electron chi connectivity index (χ1n) is 9.12. The molecule has 0 radical (unpaired) electrons. The van der Waals surface area contributed by atoms with Crippen LogP contribution in [0.2, 0.25) is 0 Å². The number of nitrogens with one attached hydrogen (secondary N) is 1. The minimum Gasteiger partial charge on any atom is -0.333 e. The second-order valence-corrected chi connectivity index (χ2v) is 8.10. The van der Waals surface area contributed by atoms with Crippen molar-refractivity contribution in [2.24, 2.45) is 0 Å². The van der Waals surface area contributed by atoms with Crippen molar-refractivity contribution in [3.05, 3.63) is 29.4 Å². The lowest BCUT2D eigenvalue weighted by molar-refractivity contribution is -0.160. The number of amides is 1. The Labute approximate surface area is 166 Å². The summed E-state index contributed by atoms with van der Waals surface area (Å²) in [5, 5.41) is 8.50. The Morgan fingerprint density at radius 1 is 1.25 bits per heavy atom. The number of carbonyl (C=O) groups is 1. The molecule has 2 aromatic heterocycles. The van der Waals surface area contributed by atoms with E-state index in [0.29, 0.717) is 18.5 Å². The maximum Gasteiger partial charge on any atom is 0.401 e. The molecule has 1 aliphatic heterocycles. The smallest absolute Gasteiger partial charge is 0.333 e. The van der Waals surface area contributed by atoms with Crippen LogP contribution in [0.25, 0.3) is 10.4 Å². The Balaban J connectivity index is 0.00000225. The van der Waals surface area contributed by atoms with Crippen LogP contribution in [0.4, 0.5) is 13.2 Å². The van der Waals surface area contributed by atoms with Gasteiger partial charge in [-0.25, -0.2) is 0 Å². The minimum atomic E-state index is -4.21. The highest BCUT2D eigenvalue weighted by Crippen LogP contribution is 2.34. The van der Waals surface area contributed by atoms with Gasteiger partial charge in [0.05, 0.1) is 18.3 Å². The van der Waals surface area contributed by atoms with Gasteiger partial charge in [0.1, 0.15) is 0 Å². The van der Waals surface area contributed by atoms with Gasteiger partial charge in [-0.15, -0.1) is 11.3 Å². The molecule has 1 aliphatic carbocycles. The van der Waals surface area contributed by atoms with Crippen LogP contribution >= 0.6 is 11.3 Å². The van der Waals surface area contributed by atoms with Crippen molar-refractivity contribution >= 4 is 17.2 Å². The number of halogens is 3. The van der Waals surface area contributed by atoms with Gasteiger partial charge >= 0.3 is 6.18 Å². The van der Waals surface area contributed by atoms with Crippen molar-refractivity contribution in [1.82, 2.24) is 20.0 Å². The van der Waals surface area contributed by atoms with Gasteiger partial charge in [0.25, 0.3) is 5.91 Å². The quantitative estimate of drug-likeness (QED) is 0.810. The first-order valence-corrected chi connectivity index (χ1v) is 10.00. The van der Waals surface area contributed by atoms with E-state index in [-0.39, 0.29) is 32.0 Å². The van der Waals surface area contributed by atoms with Gasteiger partial charge in [-0.2, -0.15) is 18.3 Å². The Kier molecular flexibility index (Phi) is 6.14. The fourth-order valence-electron chi connectivity index (χ4n) is 4.28. The lowest BCUT2D eigenvalue weighted by Gasteiger charge is -2.50. The number of alkyl halides is 3. The van der Waals surface area contributed by atoms with Gasteiger partial charge in [0, 0.05) is 47.2 Å². The number of hydrogen-bond donors (Lipinski definition) is 1. The van der Waals surface area contributed by atoms with Crippen molar-refractivity contribution in [3.63, 3.8) is 0 Å². The summed E-state index contributed by atoms with van der Waals surface area (Å²) in [6.07, 6.45) is 2.62. The third kappa shape index (κ3) is 4.25. The van der Waals surface area contributed by atoms with Crippen molar-refractivity contribution in [2.45, 2.75) is 51.4 Å². The van der Waals surface area contributed by atoms with E-state index in [2.05, 4.69) is 10.2 Å². The van der Waals surface area contributed by atoms with Gasteiger partial charge < -0.3 is 4.90 Å². The Morgan fingerprint density at radius 3 is 2.68 bits per heavy atom. The summed E-state index contributed by atoms with van der Waals surface area (Å²) in [5.41, 5.74) is 1.52. The number of thiophene rings is 1. The normalized spacial score (nSPS) is 23.2. The first-order chi connectivity index (χ1) is 12.9. The highest BCUT2D eigenvalue weighted by atomic mass is 32.1. The van der Waals surface area contributed by atoms with E-state index >= 15 is 0 Å². The summed E-state index contributed by atoms with van der Waals surface area (Å²) < 4.78 is 38.8. The van der Waals surface area contributed by atoms with E-state index < -0.39 is 12.7 Å². The molecule has 9 heteroatoms. The van der Waals surface area contributed by atoms with Crippen molar-refractivity contribution in [3.8, 4) is 10.4 Å². The zero-order chi connectivity index (χ0) is 19.0. The van der Waals surface area contributed by atoms with Crippen molar-refractivity contribution < 1.29 is 18.0 Å². The topological polar surface area (TPSA) is 52.2 Å². The summed E-state index contributed by atoms with van der Waals surface area (Å²) in [4.78, 5) is 17.4. The molecule has 2 fully saturated rings. The predicted molar refractivity (Wildman–Crippen MR) is 103 cm³/mol. The summed E-state index contributed by atoms with van der Waals surface area (Å²) >= 11 is 1.47. The number of hydrogen-bond acceptors (Lipinski definition) is 4. The lowest BCUT2D eigenvalue weighted by atomic mass is 9.86. The molecule has 1 saturated carbocycles. The van der Waals surface area contributed by atoms with Crippen LogP contribution in [-0.2, 0) is 0 Å². The Morgan fingerprint density at radius 2 is 2.00 bits per heavy atom. The van der Waals surface area contributed by atoms with E-state index in [1.807, 2.05) is 11.4 Å². The van der Waals surface area contributed by atoms with Crippen LogP contribution in [0.15, 0.2) is 23.8 Å². The summed E-state index contributed by atoms with van der Waals surface area (Å²) in [5.74, 6) is -0.0791. The zero-order valence-electron chi connectivity index (χ0n) is 14.7. The minimum absolute atomic E-state index is 0. The van der Waals surface area contributed by atoms with Crippen LogP contribution in [0, 0.1) is 0 Å². The number of aromatic amines is 1. The average Bonchev–Trinajstić information content (AvgIpc) is 3.32. The molecule has 2 aromatic rings. The molecule has 28 heavy (non-hydrogen) atoms. The van der Waals surface area contributed by atoms with Crippen LogP contribution in [0.3, 0.4) is 0 Å². The van der Waals surface area contributed by atoms with Gasteiger partial charge in [-0.3, -0.25) is 14.8 Å². The second kappa shape index (κ2) is 8.24. The number of H-pyrrole nitrogens is 1. The molecule has 0 bridgehead atoms. The molecule has 1 N–H and O–H groups in total. The van der Waals surface area contributed by atoms with Gasteiger partial charge in [-0.1, -0.05) is 20.3 Å². The second-order valence-electron chi connectivity index (χ2n) is 7.19. The first kappa shape index (κ1) is 20.9. The lowest BCUT2D eigenvalue weighted by Crippen LogP contribution is -2.63. The highest BCUT2D eigenvalue weighted by Gasteiger charge is 2.44. The van der Waals surface area contributed by atoms with Crippen LogP contribution in [0.1, 0.15) is 43.5 Å². The maximum absolute atomic E-state index is 13.1. The van der Waals surface area contributed by atoms with Gasteiger partial charge in [0.2, 0.25) is 0 Å². The number of fused-ring (bicyclic) bond motifs is 1. The monoisotopic (exact) mass is 414 g/mol. The number of nitrogens with zero attached hydrogens (tertiary/aromatic N) is 3. The van der Waals surface area contributed by atoms with Crippen LogP contribution in [0.5, 0.6) is 0 Å². The Hall–Kier alpha value is -1.87. The number of rotatable bonds is 3. The maximum atomic E-state index is 13.1. The van der Waals surface area contributed by atoms with Crippen LogP contribution < -0.4 is 0 Å². The molecule has 0 spiro atoms. The average molecular weight is 414 g/mol. The third-order valence-electron chi connectivity index (χ3n) is 5.46. The summed E-state index contributed by atoms with van der Waals surface area (Å²) in [6, 6.07) is 1.50. The van der Waals surface area contributed by atoms with E-state index in [1.165, 1.54) is 16.2 Å².